The van der Waals surface area contributed by atoms with Crippen LogP contribution in [0.2, 0.25) is 0 Å². The summed E-state index contributed by atoms with van der Waals surface area (Å²) in [4.78, 5) is 14.3. The minimum Gasteiger partial charge on any atom is -0.465 e. The molecule has 0 unspecified atom stereocenters. The molecule has 0 amide bonds. The summed E-state index contributed by atoms with van der Waals surface area (Å²) in [5, 5.41) is 0. The summed E-state index contributed by atoms with van der Waals surface area (Å²) < 4.78 is 5.18. The van der Waals surface area contributed by atoms with Crippen molar-refractivity contribution in [3.63, 3.8) is 0 Å². The second kappa shape index (κ2) is 4.73. The van der Waals surface area contributed by atoms with Gasteiger partial charge in [-0.3, -0.25) is 9.69 Å². The molecular weight excluding hydrogens is 226 g/mol. The lowest BCUT2D eigenvalue weighted by atomic mass is 10.1. The molecule has 0 N–H and O–H groups in total. The first-order chi connectivity index (χ1) is 8.79. The van der Waals surface area contributed by atoms with E-state index in [4.69, 9.17) is 4.74 Å². The second-order valence-electron chi connectivity index (χ2n) is 5.22. The van der Waals surface area contributed by atoms with E-state index in [0.717, 1.165) is 18.9 Å². The number of esters is 1. The lowest BCUT2D eigenvalue weighted by molar-refractivity contribution is -0.149. The SMILES string of the molecule is CCOC(=O)[C@@H]1C[C@@H]2C[C@@H]2N1Cc1ccccc1. The number of rotatable bonds is 4. The summed E-state index contributed by atoms with van der Waals surface area (Å²) in [7, 11) is 0. The van der Waals surface area contributed by atoms with E-state index >= 15 is 0 Å². The van der Waals surface area contributed by atoms with Crippen molar-refractivity contribution < 1.29 is 9.53 Å². The topological polar surface area (TPSA) is 29.5 Å². The summed E-state index contributed by atoms with van der Waals surface area (Å²) in [6.07, 6.45) is 2.24. The average molecular weight is 245 g/mol. The Morgan fingerprint density at radius 1 is 1.33 bits per heavy atom. The smallest absolute Gasteiger partial charge is 0.323 e. The third-order valence-corrected chi connectivity index (χ3v) is 4.00. The molecule has 3 heteroatoms. The van der Waals surface area contributed by atoms with Crippen molar-refractivity contribution >= 4 is 5.97 Å². The van der Waals surface area contributed by atoms with Gasteiger partial charge in [0, 0.05) is 12.6 Å². The Bertz CT molecular complexity index is 431. The Morgan fingerprint density at radius 3 is 2.83 bits per heavy atom. The highest BCUT2D eigenvalue weighted by Crippen LogP contribution is 2.48. The molecular formula is C15H19NO2. The molecule has 1 aromatic rings. The zero-order valence-electron chi connectivity index (χ0n) is 10.7. The van der Waals surface area contributed by atoms with Gasteiger partial charge >= 0.3 is 5.97 Å². The molecule has 3 atom stereocenters. The van der Waals surface area contributed by atoms with Crippen LogP contribution in [0.3, 0.4) is 0 Å². The summed E-state index contributed by atoms with van der Waals surface area (Å²) in [5.41, 5.74) is 1.28. The van der Waals surface area contributed by atoms with Crippen molar-refractivity contribution in [2.24, 2.45) is 5.92 Å². The maximum Gasteiger partial charge on any atom is 0.323 e. The van der Waals surface area contributed by atoms with E-state index in [-0.39, 0.29) is 12.0 Å². The van der Waals surface area contributed by atoms with E-state index in [0.29, 0.717) is 12.6 Å². The molecule has 1 heterocycles. The lowest BCUT2D eigenvalue weighted by Crippen LogP contribution is -2.39. The Hall–Kier alpha value is -1.35. The largest absolute Gasteiger partial charge is 0.465 e. The van der Waals surface area contributed by atoms with E-state index in [1.807, 2.05) is 13.0 Å². The first-order valence-corrected chi connectivity index (χ1v) is 6.76. The van der Waals surface area contributed by atoms with Crippen LogP contribution < -0.4 is 0 Å². The van der Waals surface area contributed by atoms with Gasteiger partial charge in [-0.1, -0.05) is 30.3 Å². The number of carbonyl (C=O) groups excluding carboxylic acids is 1. The summed E-state index contributed by atoms with van der Waals surface area (Å²) in [5.74, 6) is 0.684. The number of hydrogen-bond donors (Lipinski definition) is 0. The first kappa shape index (κ1) is 11.7. The Morgan fingerprint density at radius 2 is 2.11 bits per heavy atom. The molecule has 2 fully saturated rings. The monoisotopic (exact) mass is 245 g/mol. The normalized spacial score (nSPS) is 29.9. The molecule has 0 radical (unpaired) electrons. The third kappa shape index (κ3) is 2.15. The highest BCUT2D eigenvalue weighted by molar-refractivity contribution is 5.76. The van der Waals surface area contributed by atoms with E-state index in [2.05, 4.69) is 29.2 Å². The molecule has 2 aliphatic rings. The highest BCUT2D eigenvalue weighted by atomic mass is 16.5. The van der Waals surface area contributed by atoms with Crippen LogP contribution >= 0.6 is 0 Å². The summed E-state index contributed by atoms with van der Waals surface area (Å²) in [6, 6.07) is 11.0. The number of fused-ring (bicyclic) bond motifs is 1. The van der Waals surface area contributed by atoms with Crippen molar-refractivity contribution in [1.29, 1.82) is 0 Å². The van der Waals surface area contributed by atoms with Crippen LogP contribution in [-0.4, -0.2) is 29.6 Å². The van der Waals surface area contributed by atoms with Gasteiger partial charge in [0.1, 0.15) is 6.04 Å². The molecule has 0 bridgehead atoms. The fraction of sp³-hybridized carbons (Fsp3) is 0.533. The highest BCUT2D eigenvalue weighted by Gasteiger charge is 2.54. The first-order valence-electron chi connectivity index (χ1n) is 6.76. The summed E-state index contributed by atoms with van der Waals surface area (Å²) >= 11 is 0. The fourth-order valence-corrected chi connectivity index (χ4v) is 3.04. The third-order valence-electron chi connectivity index (χ3n) is 4.00. The molecule has 3 rings (SSSR count). The van der Waals surface area contributed by atoms with Crippen molar-refractivity contribution in [3.8, 4) is 0 Å². The van der Waals surface area contributed by atoms with Gasteiger partial charge in [0.05, 0.1) is 6.61 Å². The number of nitrogens with zero attached hydrogens (tertiary/aromatic N) is 1. The molecule has 1 aliphatic carbocycles. The van der Waals surface area contributed by atoms with Crippen LogP contribution in [0.5, 0.6) is 0 Å². The number of likely N-dealkylation sites (tertiary alicyclic amines) is 1. The number of ether oxygens (including phenoxy) is 1. The van der Waals surface area contributed by atoms with Crippen molar-refractivity contribution in [2.45, 2.75) is 38.4 Å². The molecule has 0 aromatic heterocycles. The number of hydrogen-bond acceptors (Lipinski definition) is 3. The van der Waals surface area contributed by atoms with Crippen LogP contribution in [-0.2, 0) is 16.1 Å². The molecule has 1 saturated heterocycles. The average Bonchev–Trinajstić information content (AvgIpc) is 3.07. The maximum atomic E-state index is 11.9. The predicted molar refractivity (Wildman–Crippen MR) is 68.9 cm³/mol. The zero-order chi connectivity index (χ0) is 12.5. The standard InChI is InChI=1S/C15H19NO2/c1-2-18-15(17)14-9-12-8-13(12)16(14)10-11-6-4-3-5-7-11/h3-7,12-14H,2,8-10H2,1H3/t12-,13-,14-/m0/s1. The van der Waals surface area contributed by atoms with E-state index in [9.17, 15) is 4.79 Å². The van der Waals surface area contributed by atoms with E-state index < -0.39 is 0 Å². The van der Waals surface area contributed by atoms with Gasteiger partial charge in [0.2, 0.25) is 0 Å². The van der Waals surface area contributed by atoms with Crippen LogP contribution in [0.15, 0.2) is 30.3 Å². The molecule has 96 valence electrons. The zero-order valence-corrected chi connectivity index (χ0v) is 10.7. The minimum absolute atomic E-state index is 0.0195. The molecule has 1 aliphatic heterocycles. The van der Waals surface area contributed by atoms with Gasteiger partial charge < -0.3 is 4.74 Å². The second-order valence-corrected chi connectivity index (χ2v) is 5.22. The number of carbonyl (C=O) groups is 1. The fourth-order valence-electron chi connectivity index (χ4n) is 3.04. The van der Waals surface area contributed by atoms with Gasteiger partial charge in [-0.2, -0.15) is 0 Å². The van der Waals surface area contributed by atoms with Crippen LogP contribution in [0.4, 0.5) is 0 Å². The summed E-state index contributed by atoms with van der Waals surface area (Å²) in [6.45, 7) is 3.21. The predicted octanol–water partition coefficient (Wildman–Crippen LogP) is 2.21. The Balaban J connectivity index is 1.71. The van der Waals surface area contributed by atoms with Crippen molar-refractivity contribution in [1.82, 2.24) is 4.90 Å². The quantitative estimate of drug-likeness (QED) is 0.762. The molecule has 0 spiro atoms. The van der Waals surface area contributed by atoms with Gasteiger partial charge in [-0.25, -0.2) is 0 Å². The molecule has 3 nitrogen and oxygen atoms in total. The number of piperidine rings is 1. The van der Waals surface area contributed by atoms with Gasteiger partial charge in [-0.15, -0.1) is 0 Å². The Kier molecular flexibility index (Phi) is 3.08. The van der Waals surface area contributed by atoms with Crippen LogP contribution in [0, 0.1) is 5.92 Å². The van der Waals surface area contributed by atoms with Crippen molar-refractivity contribution in [3.05, 3.63) is 35.9 Å². The minimum atomic E-state index is -0.0411. The van der Waals surface area contributed by atoms with Gasteiger partial charge in [0.25, 0.3) is 0 Å². The molecule has 1 aromatic carbocycles. The molecule has 1 saturated carbocycles. The van der Waals surface area contributed by atoms with Crippen LogP contribution in [0.1, 0.15) is 25.3 Å². The lowest BCUT2D eigenvalue weighted by Gasteiger charge is -2.25. The van der Waals surface area contributed by atoms with Crippen LogP contribution in [0.25, 0.3) is 0 Å². The Labute approximate surface area is 108 Å². The van der Waals surface area contributed by atoms with Gasteiger partial charge in [0.15, 0.2) is 0 Å². The maximum absolute atomic E-state index is 11.9. The van der Waals surface area contributed by atoms with E-state index in [1.54, 1.807) is 0 Å². The van der Waals surface area contributed by atoms with E-state index in [1.165, 1.54) is 12.0 Å². The number of benzene rings is 1. The molecule has 18 heavy (non-hydrogen) atoms. The van der Waals surface area contributed by atoms with Gasteiger partial charge in [-0.05, 0) is 31.2 Å². The van der Waals surface area contributed by atoms with Crippen molar-refractivity contribution in [2.75, 3.05) is 6.61 Å².